The molecule has 0 amide bonds. The third-order valence-electron chi connectivity index (χ3n) is 3.19. The second-order valence-electron chi connectivity index (χ2n) is 4.78. The van der Waals surface area contributed by atoms with Gasteiger partial charge in [0.05, 0.1) is 5.56 Å². The van der Waals surface area contributed by atoms with Crippen molar-refractivity contribution in [3.63, 3.8) is 0 Å². The molecule has 0 atom stereocenters. The average Bonchev–Trinajstić information content (AvgIpc) is 2.97. The minimum atomic E-state index is -4.34. The first kappa shape index (κ1) is 15.9. The maximum Gasteiger partial charge on any atom is 0.416 e. The largest absolute Gasteiger partial charge is 0.456 e. The van der Waals surface area contributed by atoms with Crippen LogP contribution in [0.5, 0.6) is 11.5 Å². The van der Waals surface area contributed by atoms with Crippen LogP contribution in [0.3, 0.4) is 0 Å². The van der Waals surface area contributed by atoms with Gasteiger partial charge < -0.3 is 4.74 Å². The van der Waals surface area contributed by atoms with Crippen LogP contribution in [-0.2, 0) is 6.18 Å². The zero-order chi connectivity index (χ0) is 16.4. The molecule has 0 spiro atoms. The molecule has 1 heterocycles. The summed E-state index contributed by atoms with van der Waals surface area (Å²) in [5.41, 5.74) is 0.749. The van der Waals surface area contributed by atoms with Crippen LogP contribution in [-0.4, -0.2) is 0 Å². The van der Waals surface area contributed by atoms with Crippen molar-refractivity contribution in [2.24, 2.45) is 0 Å². The Kier molecular flexibility index (Phi) is 4.33. The lowest BCUT2D eigenvalue weighted by atomic mass is 10.1. The van der Waals surface area contributed by atoms with E-state index in [-0.39, 0.29) is 0 Å². The van der Waals surface area contributed by atoms with Crippen molar-refractivity contribution >= 4 is 22.9 Å². The molecule has 3 rings (SSSR count). The molecule has 0 aliphatic rings. The van der Waals surface area contributed by atoms with Crippen molar-refractivity contribution in [3.05, 3.63) is 69.9 Å². The molecular weight excluding hydrogens is 345 g/mol. The second-order valence-corrected chi connectivity index (χ2v) is 5.96. The molecule has 2 aromatic carbocycles. The van der Waals surface area contributed by atoms with Crippen LogP contribution >= 0.6 is 22.9 Å². The van der Waals surface area contributed by atoms with Gasteiger partial charge in [0.1, 0.15) is 11.5 Å². The summed E-state index contributed by atoms with van der Waals surface area (Å²) in [5.74, 6) is 1.21. The van der Waals surface area contributed by atoms with Crippen LogP contribution in [0, 0.1) is 0 Å². The third kappa shape index (κ3) is 3.68. The lowest BCUT2D eigenvalue weighted by Crippen LogP contribution is -2.03. The molecule has 0 unspecified atom stereocenters. The Bertz CT molecular complexity index is 792. The summed E-state index contributed by atoms with van der Waals surface area (Å²) in [7, 11) is 0. The minimum absolute atomic E-state index is 0.595. The molecule has 6 heteroatoms. The maximum absolute atomic E-state index is 12.6. The predicted molar refractivity (Wildman–Crippen MR) is 86.3 cm³/mol. The quantitative estimate of drug-likeness (QED) is 0.498. The number of benzene rings is 2. The topological polar surface area (TPSA) is 9.23 Å². The van der Waals surface area contributed by atoms with E-state index in [1.54, 1.807) is 24.3 Å². The summed E-state index contributed by atoms with van der Waals surface area (Å²) in [4.78, 5) is 0. The fourth-order valence-electron chi connectivity index (χ4n) is 2.04. The van der Waals surface area contributed by atoms with Gasteiger partial charge in [0.25, 0.3) is 0 Å². The Hall–Kier alpha value is -1.98. The Morgan fingerprint density at radius 1 is 0.870 bits per heavy atom. The highest BCUT2D eigenvalue weighted by molar-refractivity contribution is 7.08. The molecule has 0 bridgehead atoms. The average molecular weight is 355 g/mol. The van der Waals surface area contributed by atoms with Gasteiger partial charge >= 0.3 is 6.18 Å². The van der Waals surface area contributed by atoms with Gasteiger partial charge in [-0.15, -0.1) is 11.3 Å². The van der Waals surface area contributed by atoms with Crippen molar-refractivity contribution in [3.8, 4) is 22.6 Å². The number of thiophene rings is 1. The number of alkyl halides is 3. The van der Waals surface area contributed by atoms with Crippen molar-refractivity contribution < 1.29 is 17.9 Å². The molecule has 23 heavy (non-hydrogen) atoms. The summed E-state index contributed by atoms with van der Waals surface area (Å²) in [6, 6.07) is 11.9. The summed E-state index contributed by atoms with van der Waals surface area (Å²) >= 11 is 7.25. The predicted octanol–water partition coefficient (Wildman–Crippen LogP) is 6.88. The molecule has 0 radical (unpaired) electrons. The van der Waals surface area contributed by atoms with Gasteiger partial charge in [-0.3, -0.25) is 0 Å². The molecule has 0 saturated carbocycles. The van der Waals surface area contributed by atoms with Gasteiger partial charge in [-0.1, -0.05) is 23.7 Å². The molecule has 0 fully saturated rings. The fourth-order valence-corrected chi connectivity index (χ4v) is 2.92. The van der Waals surface area contributed by atoms with Crippen LogP contribution in [0.4, 0.5) is 13.2 Å². The Balaban J connectivity index is 1.87. The number of hydrogen-bond acceptors (Lipinski definition) is 2. The number of hydrogen-bond donors (Lipinski definition) is 0. The normalized spacial score (nSPS) is 11.5. The Labute approximate surface area is 139 Å². The number of halogens is 4. The molecule has 118 valence electrons. The summed E-state index contributed by atoms with van der Waals surface area (Å²) < 4.78 is 43.7. The van der Waals surface area contributed by atoms with Crippen LogP contribution in [0.15, 0.2) is 59.3 Å². The number of rotatable bonds is 3. The van der Waals surface area contributed by atoms with E-state index in [0.717, 1.165) is 17.7 Å². The first-order valence-electron chi connectivity index (χ1n) is 6.61. The van der Waals surface area contributed by atoms with E-state index in [9.17, 15) is 13.2 Å². The Morgan fingerprint density at radius 2 is 1.52 bits per heavy atom. The second kappa shape index (κ2) is 6.26. The monoisotopic (exact) mass is 354 g/mol. The summed E-state index contributed by atoms with van der Waals surface area (Å²) in [5, 5.41) is 4.25. The molecule has 0 aliphatic heterocycles. The van der Waals surface area contributed by atoms with Crippen molar-refractivity contribution in [1.82, 2.24) is 0 Å². The molecule has 0 saturated heterocycles. The van der Waals surface area contributed by atoms with Gasteiger partial charge in [0, 0.05) is 21.3 Å². The van der Waals surface area contributed by atoms with Gasteiger partial charge in [-0.05, 0) is 42.0 Å². The third-order valence-corrected chi connectivity index (χ3v) is 4.17. The van der Waals surface area contributed by atoms with Crippen molar-refractivity contribution in [1.29, 1.82) is 0 Å². The highest BCUT2D eigenvalue weighted by Gasteiger charge is 2.30. The highest BCUT2D eigenvalue weighted by atomic mass is 35.5. The first-order valence-corrected chi connectivity index (χ1v) is 7.93. The zero-order valence-electron chi connectivity index (χ0n) is 11.6. The minimum Gasteiger partial charge on any atom is -0.456 e. The van der Waals surface area contributed by atoms with E-state index in [1.165, 1.54) is 23.5 Å². The van der Waals surface area contributed by atoms with E-state index in [2.05, 4.69) is 0 Å². The summed E-state index contributed by atoms with van der Waals surface area (Å²) in [6.45, 7) is 0. The van der Waals surface area contributed by atoms with Crippen LogP contribution in [0.1, 0.15) is 5.56 Å². The SMILES string of the molecule is FC(F)(F)c1ccc(-c2cscc2Oc2ccc(Cl)cc2)cc1. The zero-order valence-corrected chi connectivity index (χ0v) is 13.2. The Morgan fingerprint density at radius 3 is 2.13 bits per heavy atom. The van der Waals surface area contributed by atoms with Gasteiger partial charge in [0.2, 0.25) is 0 Å². The lowest BCUT2D eigenvalue weighted by molar-refractivity contribution is -0.137. The molecule has 1 nitrogen and oxygen atoms in total. The van der Waals surface area contributed by atoms with Crippen LogP contribution in [0.25, 0.3) is 11.1 Å². The van der Waals surface area contributed by atoms with E-state index in [0.29, 0.717) is 22.1 Å². The van der Waals surface area contributed by atoms with Gasteiger partial charge in [-0.2, -0.15) is 13.2 Å². The first-order chi connectivity index (χ1) is 10.9. The summed E-state index contributed by atoms with van der Waals surface area (Å²) in [6.07, 6.45) is -4.34. The standard InChI is InChI=1S/C17H10ClF3OS/c18-13-5-7-14(8-6-13)22-16-10-23-9-15(16)11-1-3-12(4-2-11)17(19,20)21/h1-10H. The molecule has 3 aromatic rings. The number of ether oxygens (including phenoxy) is 1. The molecule has 0 N–H and O–H groups in total. The molecule has 1 aromatic heterocycles. The molecule has 0 aliphatic carbocycles. The maximum atomic E-state index is 12.6. The van der Waals surface area contributed by atoms with Gasteiger partial charge in [0.15, 0.2) is 0 Å². The van der Waals surface area contributed by atoms with E-state index in [1.807, 2.05) is 10.8 Å². The highest BCUT2D eigenvalue weighted by Crippen LogP contribution is 2.38. The molecular formula is C17H10ClF3OS. The van der Waals surface area contributed by atoms with Gasteiger partial charge in [-0.25, -0.2) is 0 Å². The van der Waals surface area contributed by atoms with Crippen molar-refractivity contribution in [2.45, 2.75) is 6.18 Å². The van der Waals surface area contributed by atoms with Crippen LogP contribution < -0.4 is 4.74 Å². The van der Waals surface area contributed by atoms with E-state index < -0.39 is 11.7 Å². The van der Waals surface area contributed by atoms with E-state index in [4.69, 9.17) is 16.3 Å². The van der Waals surface area contributed by atoms with Crippen LogP contribution in [0.2, 0.25) is 5.02 Å². The lowest BCUT2D eigenvalue weighted by Gasteiger charge is -2.09. The van der Waals surface area contributed by atoms with E-state index >= 15 is 0 Å². The van der Waals surface area contributed by atoms with Crippen molar-refractivity contribution in [2.75, 3.05) is 0 Å². The fraction of sp³-hybridized carbons (Fsp3) is 0.0588. The smallest absolute Gasteiger partial charge is 0.416 e.